The number of nitrogens with two attached hydrogens (primary N) is 1. The lowest BCUT2D eigenvalue weighted by atomic mass is 10.1. The molecule has 1 heterocycles. The highest BCUT2D eigenvalue weighted by Crippen LogP contribution is 2.35. The van der Waals surface area contributed by atoms with Crippen LogP contribution >= 0.6 is 0 Å². The second-order valence-electron chi connectivity index (χ2n) is 4.85. The summed E-state index contributed by atoms with van der Waals surface area (Å²) in [5, 5.41) is 0. The minimum Gasteiger partial charge on any atom is -0.326 e. The van der Waals surface area contributed by atoms with Gasteiger partial charge in [0.25, 0.3) is 15.9 Å². The predicted molar refractivity (Wildman–Crippen MR) is 67.9 cm³/mol. The van der Waals surface area contributed by atoms with Gasteiger partial charge in [-0.1, -0.05) is 24.3 Å². The Bertz CT molecular complexity index is 576. The van der Waals surface area contributed by atoms with E-state index in [2.05, 4.69) is 0 Å². The second-order valence-corrected chi connectivity index (χ2v) is 7.26. The zero-order chi connectivity index (χ0) is 13.6. The van der Waals surface area contributed by atoms with Gasteiger partial charge in [0.1, 0.15) is 0 Å². The molecule has 0 saturated carbocycles. The number of hydrogen-bond donors (Lipinski definition) is 1. The third-order valence-electron chi connectivity index (χ3n) is 3.26. The standard InChI is InChI=1S/C12H16N2O3S/c1-12(2)11(15)14(18(12,16)17)8-10-5-3-9(7-13)4-6-10/h3-6H,7-8,13H2,1-2H3. The van der Waals surface area contributed by atoms with Gasteiger partial charge in [-0.15, -0.1) is 0 Å². The number of carbonyl (C=O) groups excluding carboxylic acids is 1. The molecule has 0 atom stereocenters. The molecule has 2 rings (SSSR count). The Labute approximate surface area is 107 Å². The van der Waals surface area contributed by atoms with E-state index < -0.39 is 14.8 Å². The average molecular weight is 268 g/mol. The van der Waals surface area contributed by atoms with Crippen LogP contribution in [0.25, 0.3) is 0 Å². The summed E-state index contributed by atoms with van der Waals surface area (Å²) in [7, 11) is -3.50. The van der Waals surface area contributed by atoms with E-state index in [0.29, 0.717) is 6.54 Å². The SMILES string of the molecule is CC1(C)C(=O)N(Cc2ccc(CN)cc2)S1(=O)=O. The first-order chi connectivity index (χ1) is 8.30. The molecule has 5 nitrogen and oxygen atoms in total. The topological polar surface area (TPSA) is 80.5 Å². The van der Waals surface area contributed by atoms with Crippen LogP contribution in [0.5, 0.6) is 0 Å². The average Bonchev–Trinajstić information content (AvgIpc) is 2.35. The van der Waals surface area contributed by atoms with E-state index in [1.165, 1.54) is 13.8 Å². The molecule has 98 valence electrons. The molecule has 0 bridgehead atoms. The maximum absolute atomic E-state index is 11.9. The van der Waals surface area contributed by atoms with Gasteiger partial charge in [-0.3, -0.25) is 4.79 Å². The summed E-state index contributed by atoms with van der Waals surface area (Å²) < 4.78 is 23.4. The molecule has 0 radical (unpaired) electrons. The van der Waals surface area contributed by atoms with Crippen LogP contribution < -0.4 is 5.73 Å². The van der Waals surface area contributed by atoms with Crippen LogP contribution in [-0.4, -0.2) is 23.4 Å². The summed E-state index contributed by atoms with van der Waals surface area (Å²) in [6, 6.07) is 7.24. The first-order valence-corrected chi connectivity index (χ1v) is 7.09. The Morgan fingerprint density at radius 3 is 2.11 bits per heavy atom. The van der Waals surface area contributed by atoms with Crippen molar-refractivity contribution in [3.8, 4) is 0 Å². The van der Waals surface area contributed by atoms with Crippen LogP contribution in [0.3, 0.4) is 0 Å². The summed E-state index contributed by atoms with van der Waals surface area (Å²) in [4.78, 5) is 11.8. The number of hydrogen-bond acceptors (Lipinski definition) is 4. The summed E-state index contributed by atoms with van der Waals surface area (Å²) in [6.45, 7) is 3.39. The molecular formula is C12H16N2O3S. The van der Waals surface area contributed by atoms with Crippen molar-refractivity contribution >= 4 is 15.9 Å². The van der Waals surface area contributed by atoms with E-state index in [1.54, 1.807) is 12.1 Å². The number of sulfonamides is 1. The number of nitrogens with zero attached hydrogens (tertiary/aromatic N) is 1. The van der Waals surface area contributed by atoms with E-state index in [9.17, 15) is 13.2 Å². The summed E-state index contributed by atoms with van der Waals surface area (Å²) in [6.07, 6.45) is 0. The van der Waals surface area contributed by atoms with Gasteiger partial charge in [-0.2, -0.15) is 0 Å². The highest BCUT2D eigenvalue weighted by Gasteiger charge is 2.59. The number of benzene rings is 1. The highest BCUT2D eigenvalue weighted by molar-refractivity contribution is 7.94. The highest BCUT2D eigenvalue weighted by atomic mass is 32.2. The van der Waals surface area contributed by atoms with Crippen LogP contribution in [0.15, 0.2) is 24.3 Å². The van der Waals surface area contributed by atoms with E-state index >= 15 is 0 Å². The number of rotatable bonds is 3. The molecule has 0 spiro atoms. The van der Waals surface area contributed by atoms with Crippen molar-refractivity contribution < 1.29 is 13.2 Å². The van der Waals surface area contributed by atoms with Crippen molar-refractivity contribution in [2.45, 2.75) is 31.7 Å². The molecule has 1 aromatic rings. The first-order valence-electron chi connectivity index (χ1n) is 5.65. The van der Waals surface area contributed by atoms with Crippen LogP contribution in [-0.2, 0) is 27.9 Å². The van der Waals surface area contributed by atoms with Crippen LogP contribution in [0.2, 0.25) is 0 Å². The summed E-state index contributed by atoms with van der Waals surface area (Å²) in [5.74, 6) is -0.356. The van der Waals surface area contributed by atoms with Gasteiger partial charge < -0.3 is 5.73 Å². The van der Waals surface area contributed by atoms with Gasteiger partial charge in [0.05, 0.1) is 6.54 Å². The molecule has 1 saturated heterocycles. The molecule has 1 aliphatic rings. The Kier molecular flexibility index (Phi) is 2.95. The van der Waals surface area contributed by atoms with Gasteiger partial charge in [-0.05, 0) is 25.0 Å². The maximum atomic E-state index is 11.9. The summed E-state index contributed by atoms with van der Waals surface area (Å²) >= 11 is 0. The number of amides is 1. The van der Waals surface area contributed by atoms with Crippen LogP contribution in [0, 0.1) is 0 Å². The third kappa shape index (κ3) is 1.72. The van der Waals surface area contributed by atoms with Crippen LogP contribution in [0.1, 0.15) is 25.0 Å². The molecule has 0 aliphatic carbocycles. The quantitative estimate of drug-likeness (QED) is 0.870. The smallest absolute Gasteiger partial charge is 0.259 e. The lowest BCUT2D eigenvalue weighted by Gasteiger charge is -2.43. The molecule has 2 N–H and O–H groups in total. The van der Waals surface area contributed by atoms with Crippen molar-refractivity contribution in [1.29, 1.82) is 0 Å². The van der Waals surface area contributed by atoms with Crippen LogP contribution in [0.4, 0.5) is 0 Å². The Morgan fingerprint density at radius 1 is 1.17 bits per heavy atom. The molecule has 1 fully saturated rings. The van der Waals surface area contributed by atoms with Crippen molar-refractivity contribution in [1.82, 2.24) is 4.31 Å². The van der Waals surface area contributed by atoms with Crippen molar-refractivity contribution in [3.63, 3.8) is 0 Å². The fraction of sp³-hybridized carbons (Fsp3) is 0.417. The van der Waals surface area contributed by atoms with E-state index in [4.69, 9.17) is 5.73 Å². The second kappa shape index (κ2) is 4.07. The Morgan fingerprint density at radius 2 is 1.67 bits per heavy atom. The summed E-state index contributed by atoms with van der Waals surface area (Å²) in [5.41, 5.74) is 7.23. The Hall–Kier alpha value is -1.40. The third-order valence-corrected chi connectivity index (χ3v) is 5.60. The lowest BCUT2D eigenvalue weighted by Crippen LogP contribution is -2.66. The largest absolute Gasteiger partial charge is 0.326 e. The van der Waals surface area contributed by atoms with E-state index in [-0.39, 0.29) is 12.5 Å². The van der Waals surface area contributed by atoms with E-state index in [0.717, 1.165) is 15.4 Å². The molecule has 1 aliphatic heterocycles. The molecule has 0 aromatic heterocycles. The van der Waals surface area contributed by atoms with Gasteiger partial charge in [0.2, 0.25) is 0 Å². The zero-order valence-corrected chi connectivity index (χ0v) is 11.2. The van der Waals surface area contributed by atoms with Gasteiger partial charge in [-0.25, -0.2) is 12.7 Å². The lowest BCUT2D eigenvalue weighted by molar-refractivity contribution is -0.132. The van der Waals surface area contributed by atoms with Crippen molar-refractivity contribution in [2.24, 2.45) is 5.73 Å². The van der Waals surface area contributed by atoms with Gasteiger partial charge in [0, 0.05) is 6.54 Å². The monoisotopic (exact) mass is 268 g/mol. The van der Waals surface area contributed by atoms with Gasteiger partial charge >= 0.3 is 0 Å². The first kappa shape index (κ1) is 13.0. The maximum Gasteiger partial charge on any atom is 0.259 e. The molecule has 0 unspecified atom stereocenters. The molecule has 18 heavy (non-hydrogen) atoms. The molecule has 1 aromatic carbocycles. The molecular weight excluding hydrogens is 252 g/mol. The fourth-order valence-corrected chi connectivity index (χ4v) is 3.37. The number of carbonyl (C=O) groups is 1. The normalized spacial score (nSPS) is 20.6. The minimum absolute atomic E-state index is 0.0927. The molecule has 1 amide bonds. The zero-order valence-electron chi connectivity index (χ0n) is 10.4. The van der Waals surface area contributed by atoms with Crippen molar-refractivity contribution in [2.75, 3.05) is 0 Å². The van der Waals surface area contributed by atoms with E-state index in [1.807, 2.05) is 12.1 Å². The van der Waals surface area contributed by atoms with Crippen molar-refractivity contribution in [3.05, 3.63) is 35.4 Å². The predicted octanol–water partition coefficient (Wildman–Crippen LogP) is 0.596. The fourth-order valence-electron chi connectivity index (χ4n) is 1.86. The van der Waals surface area contributed by atoms with Gasteiger partial charge in [0.15, 0.2) is 4.75 Å². The Balaban J connectivity index is 2.18. The molecule has 6 heteroatoms. The minimum atomic E-state index is -3.50.